The van der Waals surface area contributed by atoms with Crippen LogP contribution in [0.2, 0.25) is 0 Å². The second-order valence-electron chi connectivity index (χ2n) is 5.88. The standard InChI is InChI=1S/C16H26N2/c1-18(2)11-10-15(17)12-14-8-5-7-13-6-3-4-9-16(13)14/h3-4,6,9,14-15H,5,7-8,10-12,17H2,1-2H3. The van der Waals surface area contributed by atoms with Crippen molar-refractivity contribution in [3.63, 3.8) is 0 Å². The molecule has 2 rings (SSSR count). The van der Waals surface area contributed by atoms with Gasteiger partial charge in [-0.2, -0.15) is 0 Å². The van der Waals surface area contributed by atoms with Gasteiger partial charge in [0.15, 0.2) is 0 Å². The van der Waals surface area contributed by atoms with E-state index in [1.807, 2.05) is 0 Å². The molecule has 100 valence electrons. The van der Waals surface area contributed by atoms with E-state index in [1.54, 1.807) is 11.1 Å². The summed E-state index contributed by atoms with van der Waals surface area (Å²) in [6.45, 7) is 1.09. The van der Waals surface area contributed by atoms with Crippen LogP contribution in [0.3, 0.4) is 0 Å². The Morgan fingerprint density at radius 2 is 2.11 bits per heavy atom. The monoisotopic (exact) mass is 246 g/mol. The Morgan fingerprint density at radius 3 is 2.89 bits per heavy atom. The van der Waals surface area contributed by atoms with Crippen molar-refractivity contribution >= 4 is 0 Å². The Bertz CT molecular complexity index is 373. The van der Waals surface area contributed by atoms with Crippen molar-refractivity contribution in [2.24, 2.45) is 5.73 Å². The molecule has 2 unspecified atom stereocenters. The molecular formula is C16H26N2. The lowest BCUT2D eigenvalue weighted by Gasteiger charge is -2.28. The summed E-state index contributed by atoms with van der Waals surface area (Å²) in [5.74, 6) is 0.687. The van der Waals surface area contributed by atoms with E-state index >= 15 is 0 Å². The van der Waals surface area contributed by atoms with E-state index < -0.39 is 0 Å². The van der Waals surface area contributed by atoms with Crippen LogP contribution < -0.4 is 5.73 Å². The Kier molecular flexibility index (Phi) is 4.79. The van der Waals surface area contributed by atoms with Gasteiger partial charge >= 0.3 is 0 Å². The van der Waals surface area contributed by atoms with Crippen LogP contribution in [0.5, 0.6) is 0 Å². The molecular weight excluding hydrogens is 220 g/mol. The first kappa shape index (κ1) is 13.6. The van der Waals surface area contributed by atoms with E-state index in [1.165, 1.54) is 19.3 Å². The summed E-state index contributed by atoms with van der Waals surface area (Å²) in [6, 6.07) is 9.25. The third-order valence-corrected chi connectivity index (χ3v) is 4.03. The number of hydrogen-bond donors (Lipinski definition) is 1. The minimum absolute atomic E-state index is 0.337. The number of nitrogens with zero attached hydrogens (tertiary/aromatic N) is 1. The van der Waals surface area contributed by atoms with E-state index in [-0.39, 0.29) is 0 Å². The quantitative estimate of drug-likeness (QED) is 0.865. The van der Waals surface area contributed by atoms with Gasteiger partial charge in [0.05, 0.1) is 0 Å². The number of rotatable bonds is 5. The Morgan fingerprint density at radius 1 is 1.33 bits per heavy atom. The Hall–Kier alpha value is -0.860. The Balaban J connectivity index is 1.94. The lowest BCUT2D eigenvalue weighted by atomic mass is 9.79. The zero-order valence-corrected chi connectivity index (χ0v) is 11.7. The van der Waals surface area contributed by atoms with Gasteiger partial charge in [0.25, 0.3) is 0 Å². The summed E-state index contributed by atoms with van der Waals surface area (Å²) < 4.78 is 0. The molecule has 18 heavy (non-hydrogen) atoms. The number of fused-ring (bicyclic) bond motifs is 1. The highest BCUT2D eigenvalue weighted by Crippen LogP contribution is 2.34. The molecule has 0 amide bonds. The maximum absolute atomic E-state index is 6.28. The molecule has 1 aromatic carbocycles. The summed E-state index contributed by atoms with van der Waals surface area (Å²) >= 11 is 0. The molecule has 2 heteroatoms. The van der Waals surface area contributed by atoms with Crippen LogP contribution in [0.15, 0.2) is 24.3 Å². The lowest BCUT2D eigenvalue weighted by molar-refractivity contribution is 0.361. The van der Waals surface area contributed by atoms with Gasteiger partial charge in [-0.25, -0.2) is 0 Å². The molecule has 2 atom stereocenters. The largest absolute Gasteiger partial charge is 0.328 e. The topological polar surface area (TPSA) is 29.3 Å². The van der Waals surface area contributed by atoms with E-state index in [0.717, 1.165) is 19.4 Å². The van der Waals surface area contributed by atoms with E-state index in [0.29, 0.717) is 12.0 Å². The van der Waals surface area contributed by atoms with Gasteiger partial charge < -0.3 is 10.6 Å². The van der Waals surface area contributed by atoms with Gasteiger partial charge in [-0.1, -0.05) is 24.3 Å². The molecule has 1 aliphatic rings. The smallest absolute Gasteiger partial charge is 0.00568 e. The highest BCUT2D eigenvalue weighted by molar-refractivity contribution is 5.32. The molecule has 2 nitrogen and oxygen atoms in total. The third-order valence-electron chi connectivity index (χ3n) is 4.03. The fourth-order valence-electron chi connectivity index (χ4n) is 3.01. The van der Waals surface area contributed by atoms with Crippen LogP contribution >= 0.6 is 0 Å². The summed E-state index contributed by atoms with van der Waals surface area (Å²) in [5, 5.41) is 0. The van der Waals surface area contributed by atoms with Crippen molar-refractivity contribution in [3.8, 4) is 0 Å². The molecule has 0 aromatic heterocycles. The zero-order chi connectivity index (χ0) is 13.0. The molecule has 0 fully saturated rings. The van der Waals surface area contributed by atoms with Crippen molar-refractivity contribution in [2.45, 2.75) is 44.1 Å². The average Bonchev–Trinajstić information content (AvgIpc) is 2.37. The number of nitrogens with two attached hydrogens (primary N) is 1. The number of hydrogen-bond acceptors (Lipinski definition) is 2. The van der Waals surface area contributed by atoms with Crippen molar-refractivity contribution < 1.29 is 0 Å². The molecule has 1 aliphatic carbocycles. The predicted octanol–water partition coefficient (Wildman–Crippen LogP) is 2.78. The van der Waals surface area contributed by atoms with Crippen molar-refractivity contribution in [2.75, 3.05) is 20.6 Å². The minimum atomic E-state index is 0.337. The highest BCUT2D eigenvalue weighted by atomic mass is 15.0. The highest BCUT2D eigenvalue weighted by Gasteiger charge is 2.21. The van der Waals surface area contributed by atoms with Crippen LogP contribution in [0, 0.1) is 0 Å². The molecule has 0 spiro atoms. The van der Waals surface area contributed by atoms with Crippen LogP contribution in [-0.4, -0.2) is 31.6 Å². The maximum Gasteiger partial charge on any atom is 0.00568 e. The SMILES string of the molecule is CN(C)CCC(N)CC1CCCc2ccccc21. The first-order valence-corrected chi connectivity index (χ1v) is 7.15. The Labute approximate surface area is 111 Å². The van der Waals surface area contributed by atoms with E-state index in [2.05, 4.69) is 43.3 Å². The third kappa shape index (κ3) is 3.56. The van der Waals surface area contributed by atoms with Gasteiger partial charge in [-0.05, 0) is 69.8 Å². The number of aryl methyl sites for hydroxylation is 1. The molecule has 0 radical (unpaired) electrons. The fraction of sp³-hybridized carbons (Fsp3) is 0.625. The average molecular weight is 246 g/mol. The predicted molar refractivity (Wildman–Crippen MR) is 77.9 cm³/mol. The van der Waals surface area contributed by atoms with E-state index in [4.69, 9.17) is 5.73 Å². The van der Waals surface area contributed by atoms with Crippen molar-refractivity contribution in [1.82, 2.24) is 4.90 Å². The van der Waals surface area contributed by atoms with Crippen LogP contribution in [0.1, 0.15) is 42.7 Å². The molecule has 0 aliphatic heterocycles. The first-order chi connectivity index (χ1) is 8.66. The molecule has 2 N–H and O–H groups in total. The lowest BCUT2D eigenvalue weighted by Crippen LogP contribution is -2.28. The van der Waals surface area contributed by atoms with Crippen LogP contribution in [0.25, 0.3) is 0 Å². The first-order valence-electron chi connectivity index (χ1n) is 7.15. The summed E-state index contributed by atoms with van der Waals surface area (Å²) in [5.41, 5.74) is 9.39. The molecule has 0 saturated carbocycles. The van der Waals surface area contributed by atoms with Gasteiger partial charge in [0.2, 0.25) is 0 Å². The summed E-state index contributed by atoms with van der Waals surface area (Å²) in [6.07, 6.45) is 6.13. The van der Waals surface area contributed by atoms with Crippen molar-refractivity contribution in [1.29, 1.82) is 0 Å². The molecule has 1 aromatic rings. The van der Waals surface area contributed by atoms with Crippen LogP contribution in [0.4, 0.5) is 0 Å². The van der Waals surface area contributed by atoms with Crippen LogP contribution in [-0.2, 0) is 6.42 Å². The second kappa shape index (κ2) is 6.35. The summed E-state index contributed by atoms with van der Waals surface area (Å²) in [7, 11) is 4.23. The van der Waals surface area contributed by atoms with Gasteiger partial charge in [0.1, 0.15) is 0 Å². The van der Waals surface area contributed by atoms with Gasteiger partial charge in [0, 0.05) is 6.04 Å². The normalized spacial score (nSPS) is 20.8. The summed E-state index contributed by atoms with van der Waals surface area (Å²) in [4.78, 5) is 2.22. The molecule has 0 bridgehead atoms. The number of benzene rings is 1. The maximum atomic E-state index is 6.28. The van der Waals surface area contributed by atoms with Crippen molar-refractivity contribution in [3.05, 3.63) is 35.4 Å². The minimum Gasteiger partial charge on any atom is -0.328 e. The molecule has 0 heterocycles. The fourth-order valence-corrected chi connectivity index (χ4v) is 3.01. The van der Waals surface area contributed by atoms with Gasteiger partial charge in [-0.15, -0.1) is 0 Å². The zero-order valence-electron chi connectivity index (χ0n) is 11.7. The second-order valence-corrected chi connectivity index (χ2v) is 5.88. The molecule has 0 saturated heterocycles. The van der Waals surface area contributed by atoms with Gasteiger partial charge in [-0.3, -0.25) is 0 Å². The van der Waals surface area contributed by atoms with E-state index in [9.17, 15) is 0 Å².